The zero-order valence-electron chi connectivity index (χ0n) is 13.5. The van der Waals surface area contributed by atoms with Gasteiger partial charge < -0.3 is 4.74 Å². The molecule has 1 aliphatic carbocycles. The molecule has 1 aliphatic rings. The van der Waals surface area contributed by atoms with Crippen molar-refractivity contribution in [3.8, 4) is 11.1 Å². The van der Waals surface area contributed by atoms with Crippen LogP contribution in [0.15, 0.2) is 54.6 Å². The second-order valence-corrected chi connectivity index (χ2v) is 6.34. The quantitative estimate of drug-likeness (QED) is 0.576. The Morgan fingerprint density at radius 1 is 0.826 bits per heavy atom. The zero-order valence-corrected chi connectivity index (χ0v) is 13.5. The molecule has 2 aromatic rings. The topological polar surface area (TPSA) is 26.3 Å². The molecule has 0 bridgehead atoms. The molecular formula is C21H24O2. The van der Waals surface area contributed by atoms with Gasteiger partial charge in [0.15, 0.2) is 0 Å². The Morgan fingerprint density at radius 3 is 2.09 bits per heavy atom. The fourth-order valence-electron chi connectivity index (χ4n) is 3.20. The van der Waals surface area contributed by atoms with Crippen LogP contribution in [0.5, 0.6) is 0 Å². The molecule has 0 heterocycles. The van der Waals surface area contributed by atoms with Crippen LogP contribution in [0.4, 0.5) is 0 Å². The van der Waals surface area contributed by atoms with Gasteiger partial charge in [-0.25, -0.2) is 0 Å². The minimum atomic E-state index is -0.0932. The van der Waals surface area contributed by atoms with Crippen molar-refractivity contribution in [1.82, 2.24) is 0 Å². The van der Waals surface area contributed by atoms with E-state index in [9.17, 15) is 4.79 Å². The van der Waals surface area contributed by atoms with Crippen molar-refractivity contribution in [3.63, 3.8) is 0 Å². The molecular weight excluding hydrogens is 284 g/mol. The summed E-state index contributed by atoms with van der Waals surface area (Å²) in [5, 5.41) is 0. The van der Waals surface area contributed by atoms with Crippen molar-refractivity contribution in [2.45, 2.75) is 51.0 Å². The highest BCUT2D eigenvalue weighted by Crippen LogP contribution is 2.22. The molecule has 3 rings (SSSR count). The summed E-state index contributed by atoms with van der Waals surface area (Å²) >= 11 is 0. The van der Waals surface area contributed by atoms with Gasteiger partial charge in [-0.2, -0.15) is 0 Å². The fraction of sp³-hybridized carbons (Fsp3) is 0.381. The van der Waals surface area contributed by atoms with E-state index in [-0.39, 0.29) is 12.1 Å². The Hall–Kier alpha value is -2.09. The monoisotopic (exact) mass is 308 g/mol. The summed E-state index contributed by atoms with van der Waals surface area (Å²) in [5.74, 6) is -0.0932. The van der Waals surface area contributed by atoms with E-state index in [2.05, 4.69) is 24.3 Å². The molecule has 2 heteroatoms. The molecule has 0 radical (unpaired) electrons. The highest BCUT2D eigenvalue weighted by atomic mass is 16.5. The summed E-state index contributed by atoms with van der Waals surface area (Å²) in [6.45, 7) is 0. The number of carbonyl (C=O) groups is 1. The smallest absolute Gasteiger partial charge is 0.310 e. The van der Waals surface area contributed by atoms with Crippen LogP contribution >= 0.6 is 0 Å². The second-order valence-electron chi connectivity index (χ2n) is 6.34. The minimum absolute atomic E-state index is 0.0932. The van der Waals surface area contributed by atoms with Gasteiger partial charge in [0.2, 0.25) is 0 Å². The number of hydrogen-bond acceptors (Lipinski definition) is 2. The zero-order chi connectivity index (χ0) is 15.9. The lowest BCUT2D eigenvalue weighted by Crippen LogP contribution is -2.18. The average Bonchev–Trinajstić information content (AvgIpc) is 2.85. The Bertz CT molecular complexity index is 608. The highest BCUT2D eigenvalue weighted by molar-refractivity contribution is 5.73. The lowest BCUT2D eigenvalue weighted by Gasteiger charge is -2.15. The average molecular weight is 308 g/mol. The second kappa shape index (κ2) is 7.96. The molecule has 0 aliphatic heterocycles. The molecule has 120 valence electrons. The fourth-order valence-corrected chi connectivity index (χ4v) is 3.20. The summed E-state index contributed by atoms with van der Waals surface area (Å²) < 4.78 is 5.65. The van der Waals surface area contributed by atoms with Gasteiger partial charge >= 0.3 is 5.97 Å². The standard InChI is InChI=1S/C21H24O2/c22-21(23-20-10-6-1-2-7-11-20)16-17-12-14-19(15-13-17)18-8-4-3-5-9-18/h3-5,8-9,12-15,20H,1-2,6-7,10-11,16H2. The molecule has 0 atom stereocenters. The molecule has 0 unspecified atom stereocenters. The van der Waals surface area contributed by atoms with Crippen molar-refractivity contribution in [3.05, 3.63) is 60.2 Å². The van der Waals surface area contributed by atoms with Gasteiger partial charge in [-0.1, -0.05) is 67.4 Å². The van der Waals surface area contributed by atoms with E-state index < -0.39 is 0 Å². The number of rotatable bonds is 4. The first kappa shape index (κ1) is 15.8. The van der Waals surface area contributed by atoms with E-state index in [1.54, 1.807) is 0 Å². The van der Waals surface area contributed by atoms with E-state index in [1.807, 2.05) is 30.3 Å². The normalized spacial score (nSPS) is 15.8. The van der Waals surface area contributed by atoms with Gasteiger partial charge in [0.25, 0.3) is 0 Å². The molecule has 1 fully saturated rings. The van der Waals surface area contributed by atoms with Gasteiger partial charge in [0.05, 0.1) is 6.42 Å². The van der Waals surface area contributed by atoms with E-state index in [4.69, 9.17) is 4.74 Å². The number of benzene rings is 2. The molecule has 2 nitrogen and oxygen atoms in total. The largest absolute Gasteiger partial charge is 0.462 e. The predicted molar refractivity (Wildman–Crippen MR) is 93.2 cm³/mol. The maximum absolute atomic E-state index is 12.1. The van der Waals surface area contributed by atoms with Crippen molar-refractivity contribution >= 4 is 5.97 Å². The third kappa shape index (κ3) is 4.69. The minimum Gasteiger partial charge on any atom is -0.462 e. The molecule has 1 saturated carbocycles. The molecule has 2 aromatic carbocycles. The van der Waals surface area contributed by atoms with Crippen LogP contribution in [0.2, 0.25) is 0 Å². The van der Waals surface area contributed by atoms with Crippen molar-refractivity contribution < 1.29 is 9.53 Å². The molecule has 0 saturated heterocycles. The summed E-state index contributed by atoms with van der Waals surface area (Å²) in [7, 11) is 0. The van der Waals surface area contributed by atoms with Crippen LogP contribution in [-0.4, -0.2) is 12.1 Å². The van der Waals surface area contributed by atoms with Gasteiger partial charge in [-0.05, 0) is 42.4 Å². The van der Waals surface area contributed by atoms with Gasteiger partial charge in [0.1, 0.15) is 6.10 Å². The third-order valence-corrected chi connectivity index (χ3v) is 4.51. The van der Waals surface area contributed by atoms with E-state index in [0.29, 0.717) is 6.42 Å². The number of carbonyl (C=O) groups excluding carboxylic acids is 1. The van der Waals surface area contributed by atoms with Crippen molar-refractivity contribution in [1.29, 1.82) is 0 Å². The maximum Gasteiger partial charge on any atom is 0.310 e. The summed E-state index contributed by atoms with van der Waals surface area (Å²) in [6.07, 6.45) is 7.47. The van der Waals surface area contributed by atoms with Crippen LogP contribution in [-0.2, 0) is 16.0 Å². The molecule has 0 aromatic heterocycles. The number of esters is 1. The Labute approximate surface area is 138 Å². The van der Waals surface area contributed by atoms with Crippen LogP contribution in [0.3, 0.4) is 0 Å². The van der Waals surface area contributed by atoms with E-state index in [0.717, 1.165) is 18.4 Å². The van der Waals surface area contributed by atoms with Crippen LogP contribution in [0.25, 0.3) is 11.1 Å². The lowest BCUT2D eigenvalue weighted by molar-refractivity contribution is -0.148. The molecule has 0 spiro atoms. The summed E-state index contributed by atoms with van der Waals surface area (Å²) in [6, 6.07) is 18.5. The Kier molecular flexibility index (Phi) is 5.46. The highest BCUT2D eigenvalue weighted by Gasteiger charge is 2.16. The van der Waals surface area contributed by atoms with Crippen LogP contribution in [0, 0.1) is 0 Å². The van der Waals surface area contributed by atoms with Crippen LogP contribution < -0.4 is 0 Å². The lowest BCUT2D eigenvalue weighted by atomic mass is 10.0. The molecule has 0 amide bonds. The van der Waals surface area contributed by atoms with Crippen molar-refractivity contribution in [2.75, 3.05) is 0 Å². The molecule has 0 N–H and O–H groups in total. The van der Waals surface area contributed by atoms with Gasteiger partial charge in [-0.15, -0.1) is 0 Å². The first-order chi connectivity index (χ1) is 11.3. The van der Waals surface area contributed by atoms with Gasteiger partial charge in [-0.3, -0.25) is 4.79 Å². The third-order valence-electron chi connectivity index (χ3n) is 4.51. The maximum atomic E-state index is 12.1. The Morgan fingerprint density at radius 2 is 1.43 bits per heavy atom. The summed E-state index contributed by atoms with van der Waals surface area (Å²) in [4.78, 5) is 12.1. The number of ether oxygens (including phenoxy) is 1. The number of hydrogen-bond donors (Lipinski definition) is 0. The first-order valence-corrected chi connectivity index (χ1v) is 8.65. The summed E-state index contributed by atoms with van der Waals surface area (Å²) in [5.41, 5.74) is 3.38. The van der Waals surface area contributed by atoms with Gasteiger partial charge in [0, 0.05) is 0 Å². The SMILES string of the molecule is O=C(Cc1ccc(-c2ccccc2)cc1)OC1CCCCCC1. The van der Waals surface area contributed by atoms with Crippen LogP contribution in [0.1, 0.15) is 44.1 Å². The van der Waals surface area contributed by atoms with Crippen molar-refractivity contribution in [2.24, 2.45) is 0 Å². The Balaban J connectivity index is 1.56. The molecule has 23 heavy (non-hydrogen) atoms. The first-order valence-electron chi connectivity index (χ1n) is 8.65. The van der Waals surface area contributed by atoms with E-state index >= 15 is 0 Å². The predicted octanol–water partition coefficient (Wildman–Crippen LogP) is 5.16. The van der Waals surface area contributed by atoms with E-state index in [1.165, 1.54) is 36.8 Å².